The molecule has 0 aliphatic carbocycles. The van der Waals surface area contributed by atoms with Gasteiger partial charge in [0.2, 0.25) is 0 Å². The number of nitrogens with one attached hydrogen (secondary N) is 1. The number of morpholine rings is 1. The number of hydrogen-bond donors (Lipinski definition) is 2. The van der Waals surface area contributed by atoms with Crippen LogP contribution in [0.15, 0.2) is 29.1 Å². The SMILES string of the molecule is CCc1cc2ccc(C(O)CN3CCOCC3)cc2[nH]c1=O. The van der Waals surface area contributed by atoms with Crippen LogP contribution in [0.3, 0.4) is 0 Å². The maximum absolute atomic E-state index is 11.9. The summed E-state index contributed by atoms with van der Waals surface area (Å²) < 4.78 is 5.32. The van der Waals surface area contributed by atoms with E-state index in [9.17, 15) is 9.90 Å². The zero-order chi connectivity index (χ0) is 15.5. The molecular weight excluding hydrogens is 280 g/mol. The first-order valence-corrected chi connectivity index (χ1v) is 7.81. The summed E-state index contributed by atoms with van der Waals surface area (Å²) in [6, 6.07) is 7.70. The molecular formula is C17H22N2O3. The zero-order valence-electron chi connectivity index (χ0n) is 12.8. The van der Waals surface area contributed by atoms with Crippen molar-refractivity contribution in [3.8, 4) is 0 Å². The minimum Gasteiger partial charge on any atom is -0.387 e. The Morgan fingerprint density at radius 3 is 2.82 bits per heavy atom. The van der Waals surface area contributed by atoms with Crippen LogP contribution in [-0.2, 0) is 11.2 Å². The maximum Gasteiger partial charge on any atom is 0.251 e. The van der Waals surface area contributed by atoms with Gasteiger partial charge in [0.15, 0.2) is 0 Å². The van der Waals surface area contributed by atoms with Crippen LogP contribution >= 0.6 is 0 Å². The lowest BCUT2D eigenvalue weighted by molar-refractivity contribution is 0.0143. The molecule has 0 spiro atoms. The van der Waals surface area contributed by atoms with Crippen molar-refractivity contribution in [2.45, 2.75) is 19.4 Å². The molecule has 0 saturated carbocycles. The summed E-state index contributed by atoms with van der Waals surface area (Å²) >= 11 is 0. The molecule has 1 aliphatic heterocycles. The molecule has 2 N–H and O–H groups in total. The van der Waals surface area contributed by atoms with Crippen LogP contribution < -0.4 is 5.56 Å². The highest BCUT2D eigenvalue weighted by Crippen LogP contribution is 2.20. The number of aryl methyl sites for hydroxylation is 1. The fourth-order valence-electron chi connectivity index (χ4n) is 2.87. The third-order valence-electron chi connectivity index (χ3n) is 4.25. The number of aromatic nitrogens is 1. The molecule has 118 valence electrons. The Balaban J connectivity index is 1.82. The molecule has 0 amide bonds. The number of rotatable bonds is 4. The van der Waals surface area contributed by atoms with E-state index in [1.165, 1.54) is 0 Å². The summed E-state index contributed by atoms with van der Waals surface area (Å²) in [5.74, 6) is 0. The molecule has 2 aromatic rings. The van der Waals surface area contributed by atoms with Gasteiger partial charge in [-0.25, -0.2) is 0 Å². The average Bonchev–Trinajstić information content (AvgIpc) is 2.54. The number of fused-ring (bicyclic) bond motifs is 1. The molecule has 1 aromatic carbocycles. The quantitative estimate of drug-likeness (QED) is 0.897. The van der Waals surface area contributed by atoms with E-state index in [-0.39, 0.29) is 5.56 Å². The molecule has 1 unspecified atom stereocenters. The Kier molecular flexibility index (Phi) is 4.57. The van der Waals surface area contributed by atoms with Gasteiger partial charge in [-0.3, -0.25) is 9.69 Å². The van der Waals surface area contributed by atoms with Crippen LogP contribution in [0.5, 0.6) is 0 Å². The average molecular weight is 302 g/mol. The minimum atomic E-state index is -0.558. The number of aliphatic hydroxyl groups is 1. The summed E-state index contributed by atoms with van der Waals surface area (Å²) in [6.07, 6.45) is 0.156. The summed E-state index contributed by atoms with van der Waals surface area (Å²) in [5, 5.41) is 11.4. The van der Waals surface area contributed by atoms with E-state index in [2.05, 4.69) is 9.88 Å². The Morgan fingerprint density at radius 1 is 1.32 bits per heavy atom. The predicted molar refractivity (Wildman–Crippen MR) is 86.2 cm³/mol. The first-order chi connectivity index (χ1) is 10.7. The highest BCUT2D eigenvalue weighted by molar-refractivity contribution is 5.79. The standard InChI is InChI=1S/C17H22N2O3/c1-2-12-9-13-3-4-14(10-15(13)18-17(12)21)16(20)11-19-5-7-22-8-6-19/h3-4,9-10,16,20H,2,5-8,11H2,1H3,(H,18,21). The molecule has 22 heavy (non-hydrogen) atoms. The normalized spacial score (nSPS) is 17.7. The highest BCUT2D eigenvalue weighted by Gasteiger charge is 2.16. The summed E-state index contributed by atoms with van der Waals surface area (Å²) in [4.78, 5) is 17.0. The van der Waals surface area contributed by atoms with Crippen LogP contribution in [0.2, 0.25) is 0 Å². The van der Waals surface area contributed by atoms with Crippen molar-refractivity contribution in [2.24, 2.45) is 0 Å². The van der Waals surface area contributed by atoms with Crippen LogP contribution in [0.25, 0.3) is 10.9 Å². The molecule has 1 aromatic heterocycles. The van der Waals surface area contributed by atoms with Crippen molar-refractivity contribution in [2.75, 3.05) is 32.8 Å². The molecule has 1 atom stereocenters. The van der Waals surface area contributed by atoms with Gasteiger partial charge in [-0.1, -0.05) is 19.1 Å². The van der Waals surface area contributed by atoms with Gasteiger partial charge in [-0.2, -0.15) is 0 Å². The molecule has 5 heteroatoms. The number of benzene rings is 1. The van der Waals surface area contributed by atoms with Gasteiger partial charge in [0.25, 0.3) is 5.56 Å². The second-order valence-corrected chi connectivity index (χ2v) is 5.75. The second-order valence-electron chi connectivity index (χ2n) is 5.75. The topological polar surface area (TPSA) is 65.6 Å². The summed E-state index contributed by atoms with van der Waals surface area (Å²) in [6.45, 7) is 5.70. The first-order valence-electron chi connectivity index (χ1n) is 7.81. The monoisotopic (exact) mass is 302 g/mol. The fraction of sp³-hybridized carbons (Fsp3) is 0.471. The van der Waals surface area contributed by atoms with E-state index >= 15 is 0 Å². The van der Waals surface area contributed by atoms with E-state index in [1.807, 2.05) is 31.2 Å². The Morgan fingerprint density at radius 2 is 2.09 bits per heavy atom. The third-order valence-corrected chi connectivity index (χ3v) is 4.25. The second kappa shape index (κ2) is 6.60. The van der Waals surface area contributed by atoms with Crippen molar-refractivity contribution < 1.29 is 9.84 Å². The third kappa shape index (κ3) is 3.21. The smallest absolute Gasteiger partial charge is 0.251 e. The summed E-state index contributed by atoms with van der Waals surface area (Å²) in [5.41, 5.74) is 2.35. The van der Waals surface area contributed by atoms with Crippen molar-refractivity contribution in [1.82, 2.24) is 9.88 Å². The largest absolute Gasteiger partial charge is 0.387 e. The van der Waals surface area contributed by atoms with Crippen LogP contribution in [-0.4, -0.2) is 47.8 Å². The van der Waals surface area contributed by atoms with Gasteiger partial charge in [-0.15, -0.1) is 0 Å². The highest BCUT2D eigenvalue weighted by atomic mass is 16.5. The number of nitrogens with zero attached hydrogens (tertiary/aromatic N) is 1. The van der Waals surface area contributed by atoms with Crippen molar-refractivity contribution in [1.29, 1.82) is 0 Å². The molecule has 1 saturated heterocycles. The number of β-amino-alcohol motifs (C(OH)–C–C–N with tert-alkyl or cyclic N) is 1. The fourth-order valence-corrected chi connectivity index (χ4v) is 2.87. The number of hydrogen-bond acceptors (Lipinski definition) is 4. The molecule has 1 fully saturated rings. The van der Waals surface area contributed by atoms with E-state index in [0.29, 0.717) is 13.0 Å². The lowest BCUT2D eigenvalue weighted by Gasteiger charge is -2.28. The number of pyridine rings is 1. The van der Waals surface area contributed by atoms with Crippen molar-refractivity contribution >= 4 is 10.9 Å². The van der Waals surface area contributed by atoms with Crippen LogP contribution in [0, 0.1) is 0 Å². The Hall–Kier alpha value is -1.69. The summed E-state index contributed by atoms with van der Waals surface area (Å²) in [7, 11) is 0. The number of aliphatic hydroxyl groups excluding tert-OH is 1. The van der Waals surface area contributed by atoms with E-state index in [1.54, 1.807) is 0 Å². The maximum atomic E-state index is 11.9. The predicted octanol–water partition coefficient (Wildman–Crippen LogP) is 1.46. The lowest BCUT2D eigenvalue weighted by Crippen LogP contribution is -2.38. The van der Waals surface area contributed by atoms with E-state index in [0.717, 1.165) is 48.3 Å². The molecule has 1 aliphatic rings. The van der Waals surface area contributed by atoms with Crippen molar-refractivity contribution in [3.63, 3.8) is 0 Å². The Labute approximate surface area is 129 Å². The molecule has 3 rings (SSSR count). The van der Waals surface area contributed by atoms with Gasteiger partial charge in [-0.05, 0) is 29.5 Å². The van der Waals surface area contributed by atoms with Gasteiger partial charge < -0.3 is 14.8 Å². The number of ether oxygens (including phenoxy) is 1. The van der Waals surface area contributed by atoms with E-state index in [4.69, 9.17) is 4.74 Å². The van der Waals surface area contributed by atoms with Crippen LogP contribution in [0.1, 0.15) is 24.2 Å². The van der Waals surface area contributed by atoms with Gasteiger partial charge in [0.1, 0.15) is 0 Å². The van der Waals surface area contributed by atoms with Gasteiger partial charge in [0, 0.05) is 30.7 Å². The molecule has 2 heterocycles. The Bertz CT molecular complexity index is 705. The number of aromatic amines is 1. The molecule has 0 radical (unpaired) electrons. The minimum absolute atomic E-state index is 0.0465. The first kappa shape index (κ1) is 15.2. The van der Waals surface area contributed by atoms with E-state index < -0.39 is 6.10 Å². The van der Waals surface area contributed by atoms with Gasteiger partial charge >= 0.3 is 0 Å². The number of H-pyrrole nitrogens is 1. The van der Waals surface area contributed by atoms with Crippen molar-refractivity contribution in [3.05, 3.63) is 45.7 Å². The zero-order valence-corrected chi connectivity index (χ0v) is 12.8. The molecule has 5 nitrogen and oxygen atoms in total. The van der Waals surface area contributed by atoms with Crippen LogP contribution in [0.4, 0.5) is 0 Å². The van der Waals surface area contributed by atoms with Gasteiger partial charge in [0.05, 0.1) is 19.3 Å². The lowest BCUT2D eigenvalue weighted by atomic mass is 10.0. The molecule has 0 bridgehead atoms.